The summed E-state index contributed by atoms with van der Waals surface area (Å²) in [5.41, 5.74) is 0. The molecule has 122 valence electrons. The van der Waals surface area contributed by atoms with Crippen LogP contribution in [0.4, 0.5) is 0 Å². The fourth-order valence-corrected chi connectivity index (χ4v) is 3.65. The van der Waals surface area contributed by atoms with Crippen molar-refractivity contribution in [3.8, 4) is 5.75 Å². The zero-order valence-corrected chi connectivity index (χ0v) is 14.0. The van der Waals surface area contributed by atoms with Crippen molar-refractivity contribution in [3.05, 3.63) is 58.5 Å². The van der Waals surface area contributed by atoms with Crippen LogP contribution in [-0.2, 0) is 0 Å². The summed E-state index contributed by atoms with van der Waals surface area (Å²) >= 11 is 1.50. The number of ether oxygens (including phenoxy) is 1. The van der Waals surface area contributed by atoms with Crippen molar-refractivity contribution >= 4 is 28.0 Å². The number of fused-ring (bicyclic) bond motifs is 1. The van der Waals surface area contributed by atoms with Gasteiger partial charge in [-0.3, -0.25) is 4.79 Å². The Hall–Kier alpha value is -2.40. The van der Waals surface area contributed by atoms with E-state index in [-0.39, 0.29) is 5.91 Å². The minimum atomic E-state index is -0.0686. The Morgan fingerprint density at radius 3 is 2.92 bits per heavy atom. The molecule has 0 saturated heterocycles. The van der Waals surface area contributed by atoms with Gasteiger partial charge in [-0.1, -0.05) is 36.4 Å². The van der Waals surface area contributed by atoms with Crippen LogP contribution < -0.4 is 10.1 Å². The summed E-state index contributed by atoms with van der Waals surface area (Å²) in [5.74, 6) is 1.36. The number of thiazole rings is 1. The largest absolute Gasteiger partial charge is 0.491 e. The average Bonchev–Trinajstić information content (AvgIpc) is 3.35. The fourth-order valence-electron chi connectivity index (χ4n) is 2.65. The Morgan fingerprint density at radius 1 is 1.21 bits per heavy atom. The monoisotopic (exact) mass is 338 g/mol. The second kappa shape index (κ2) is 6.61. The number of benzene rings is 2. The van der Waals surface area contributed by atoms with Crippen molar-refractivity contribution < 1.29 is 9.53 Å². The Kier molecular flexibility index (Phi) is 4.17. The predicted molar refractivity (Wildman–Crippen MR) is 95.9 cm³/mol. The van der Waals surface area contributed by atoms with E-state index in [9.17, 15) is 4.79 Å². The molecule has 2 aromatic carbocycles. The lowest BCUT2D eigenvalue weighted by Gasteiger charge is -2.09. The number of rotatable bonds is 6. The van der Waals surface area contributed by atoms with Gasteiger partial charge in [0.25, 0.3) is 5.91 Å². The molecule has 0 aliphatic heterocycles. The average molecular weight is 338 g/mol. The van der Waals surface area contributed by atoms with E-state index >= 15 is 0 Å². The number of nitrogens with zero attached hydrogens (tertiary/aromatic N) is 1. The lowest BCUT2D eigenvalue weighted by Crippen LogP contribution is -2.27. The quantitative estimate of drug-likeness (QED) is 0.692. The smallest absolute Gasteiger partial charge is 0.263 e. The van der Waals surface area contributed by atoms with Crippen LogP contribution in [0.2, 0.25) is 0 Å². The highest BCUT2D eigenvalue weighted by Crippen LogP contribution is 2.41. The molecule has 4 rings (SSSR count). The van der Waals surface area contributed by atoms with Gasteiger partial charge in [0.2, 0.25) is 0 Å². The van der Waals surface area contributed by atoms with Gasteiger partial charge in [0.1, 0.15) is 17.2 Å². The molecule has 1 N–H and O–H groups in total. The third kappa shape index (κ3) is 3.26. The Labute approximate surface area is 144 Å². The summed E-state index contributed by atoms with van der Waals surface area (Å²) < 4.78 is 5.83. The maximum absolute atomic E-state index is 12.1. The van der Waals surface area contributed by atoms with Gasteiger partial charge in [0.05, 0.1) is 17.7 Å². The molecule has 1 fully saturated rings. The molecule has 1 aliphatic carbocycles. The van der Waals surface area contributed by atoms with Crippen molar-refractivity contribution in [2.24, 2.45) is 0 Å². The Morgan fingerprint density at radius 2 is 2.04 bits per heavy atom. The summed E-state index contributed by atoms with van der Waals surface area (Å²) in [7, 11) is 0. The highest BCUT2D eigenvalue weighted by Gasteiger charge is 2.27. The van der Waals surface area contributed by atoms with Crippen LogP contribution in [0.3, 0.4) is 0 Å². The molecule has 4 nitrogen and oxygen atoms in total. The molecule has 5 heteroatoms. The topological polar surface area (TPSA) is 51.2 Å². The zero-order valence-electron chi connectivity index (χ0n) is 13.2. The van der Waals surface area contributed by atoms with Crippen LogP contribution in [0.5, 0.6) is 5.75 Å². The van der Waals surface area contributed by atoms with Gasteiger partial charge in [0, 0.05) is 11.3 Å². The van der Waals surface area contributed by atoms with Crippen LogP contribution >= 0.6 is 11.3 Å². The molecule has 0 bridgehead atoms. The number of nitrogens with one attached hydrogen (secondary N) is 1. The molecule has 1 saturated carbocycles. The van der Waals surface area contributed by atoms with Gasteiger partial charge in [-0.25, -0.2) is 4.98 Å². The maximum Gasteiger partial charge on any atom is 0.263 e. The van der Waals surface area contributed by atoms with E-state index in [1.54, 1.807) is 6.20 Å². The van der Waals surface area contributed by atoms with Crippen LogP contribution in [-0.4, -0.2) is 24.0 Å². The molecule has 0 unspecified atom stereocenters. The van der Waals surface area contributed by atoms with E-state index in [0.29, 0.717) is 23.9 Å². The van der Waals surface area contributed by atoms with Crippen LogP contribution in [0, 0.1) is 0 Å². The molecule has 1 amide bonds. The standard InChI is InChI=1S/C19H18N2O2S/c22-18(17-12-21-19(24-17)14-8-9-14)20-10-11-23-16-7-3-5-13-4-1-2-6-15(13)16/h1-7,12,14H,8-11H2,(H,20,22). The maximum atomic E-state index is 12.1. The number of hydrogen-bond acceptors (Lipinski definition) is 4. The van der Waals surface area contributed by atoms with Gasteiger partial charge in [-0.2, -0.15) is 0 Å². The first-order chi connectivity index (χ1) is 11.8. The minimum absolute atomic E-state index is 0.0686. The number of aromatic nitrogens is 1. The Bertz CT molecular complexity index is 865. The molecule has 1 aliphatic rings. The molecule has 0 atom stereocenters. The SMILES string of the molecule is O=C(NCCOc1cccc2ccccc12)c1cnc(C2CC2)s1. The van der Waals surface area contributed by atoms with Crippen molar-refractivity contribution in [1.29, 1.82) is 0 Å². The van der Waals surface area contributed by atoms with Crippen molar-refractivity contribution in [1.82, 2.24) is 10.3 Å². The summed E-state index contributed by atoms with van der Waals surface area (Å²) in [5, 5.41) is 6.22. The van der Waals surface area contributed by atoms with Crippen LogP contribution in [0.1, 0.15) is 33.4 Å². The lowest BCUT2D eigenvalue weighted by molar-refractivity contribution is 0.0951. The minimum Gasteiger partial charge on any atom is -0.491 e. The number of amides is 1. The van der Waals surface area contributed by atoms with E-state index in [4.69, 9.17) is 4.74 Å². The van der Waals surface area contributed by atoms with E-state index < -0.39 is 0 Å². The second-order valence-corrected chi connectivity index (χ2v) is 6.98. The van der Waals surface area contributed by atoms with Crippen molar-refractivity contribution in [2.75, 3.05) is 13.2 Å². The molecule has 0 spiro atoms. The summed E-state index contributed by atoms with van der Waals surface area (Å²) in [4.78, 5) is 17.1. The summed E-state index contributed by atoms with van der Waals surface area (Å²) in [6.07, 6.45) is 4.08. The van der Waals surface area contributed by atoms with Crippen molar-refractivity contribution in [3.63, 3.8) is 0 Å². The predicted octanol–water partition coefficient (Wildman–Crippen LogP) is 3.98. The third-order valence-electron chi connectivity index (χ3n) is 4.07. The molecule has 0 radical (unpaired) electrons. The normalized spacial score (nSPS) is 13.8. The number of carbonyl (C=O) groups excluding carboxylic acids is 1. The third-order valence-corrected chi connectivity index (χ3v) is 5.23. The first-order valence-corrected chi connectivity index (χ1v) is 8.97. The molecule has 3 aromatic rings. The van der Waals surface area contributed by atoms with E-state index in [2.05, 4.69) is 22.4 Å². The van der Waals surface area contributed by atoms with E-state index in [1.807, 2.05) is 30.3 Å². The first kappa shape index (κ1) is 15.1. The van der Waals surface area contributed by atoms with Gasteiger partial charge < -0.3 is 10.1 Å². The van der Waals surface area contributed by atoms with Crippen molar-refractivity contribution in [2.45, 2.75) is 18.8 Å². The molecular weight excluding hydrogens is 320 g/mol. The van der Waals surface area contributed by atoms with Gasteiger partial charge in [-0.05, 0) is 24.3 Å². The zero-order chi connectivity index (χ0) is 16.4. The first-order valence-electron chi connectivity index (χ1n) is 8.16. The van der Waals surface area contributed by atoms with Crippen LogP contribution in [0.15, 0.2) is 48.7 Å². The molecular formula is C19H18N2O2S. The number of hydrogen-bond donors (Lipinski definition) is 1. The van der Waals surface area contributed by atoms with E-state index in [0.717, 1.165) is 21.5 Å². The highest BCUT2D eigenvalue weighted by molar-refractivity contribution is 7.13. The van der Waals surface area contributed by atoms with Gasteiger partial charge in [-0.15, -0.1) is 11.3 Å². The van der Waals surface area contributed by atoms with E-state index in [1.165, 1.54) is 24.2 Å². The lowest BCUT2D eigenvalue weighted by atomic mass is 10.1. The van der Waals surface area contributed by atoms with Gasteiger partial charge >= 0.3 is 0 Å². The fraction of sp³-hybridized carbons (Fsp3) is 0.263. The van der Waals surface area contributed by atoms with Crippen LogP contribution in [0.25, 0.3) is 10.8 Å². The molecule has 1 heterocycles. The highest BCUT2D eigenvalue weighted by atomic mass is 32.1. The summed E-state index contributed by atoms with van der Waals surface area (Å²) in [6.45, 7) is 0.909. The molecule has 1 aromatic heterocycles. The molecule has 24 heavy (non-hydrogen) atoms. The Balaban J connectivity index is 1.31. The van der Waals surface area contributed by atoms with Gasteiger partial charge in [0.15, 0.2) is 0 Å². The summed E-state index contributed by atoms with van der Waals surface area (Å²) in [6, 6.07) is 14.1. The number of carbonyl (C=O) groups is 1. The second-order valence-electron chi connectivity index (χ2n) is 5.92.